The van der Waals surface area contributed by atoms with Crippen molar-refractivity contribution in [3.05, 3.63) is 23.4 Å². The molecule has 1 aromatic rings. The van der Waals surface area contributed by atoms with Crippen LogP contribution in [0.3, 0.4) is 0 Å². The van der Waals surface area contributed by atoms with Gasteiger partial charge in [0.2, 0.25) is 0 Å². The smallest absolute Gasteiger partial charge is 0.147 e. The summed E-state index contributed by atoms with van der Waals surface area (Å²) < 4.78 is 5.48. The van der Waals surface area contributed by atoms with Crippen molar-refractivity contribution in [2.45, 2.75) is 26.3 Å². The first kappa shape index (κ1) is 11.9. The molecule has 2 rings (SSSR count). The lowest BCUT2D eigenvalue weighted by Crippen LogP contribution is -2.46. The van der Waals surface area contributed by atoms with Crippen LogP contribution in [0.4, 0.5) is 5.82 Å². The Kier molecular flexibility index (Phi) is 3.60. The van der Waals surface area contributed by atoms with Gasteiger partial charge in [0, 0.05) is 12.2 Å². The molecule has 0 aromatic carbocycles. The molecule has 1 atom stereocenters. The summed E-state index contributed by atoms with van der Waals surface area (Å²) in [7, 11) is 0. The van der Waals surface area contributed by atoms with E-state index in [1.807, 2.05) is 19.1 Å². The normalized spacial score (nSPS) is 20.1. The van der Waals surface area contributed by atoms with E-state index in [-0.39, 0.29) is 0 Å². The van der Waals surface area contributed by atoms with Gasteiger partial charge >= 0.3 is 0 Å². The Labute approximate surface area is 102 Å². The average Bonchev–Trinajstić information content (AvgIpc) is 2.38. The maximum Gasteiger partial charge on any atom is 0.147 e. The Bertz CT molecular complexity index is 439. The molecule has 4 nitrogen and oxygen atoms in total. The van der Waals surface area contributed by atoms with Gasteiger partial charge in [0.15, 0.2) is 0 Å². The van der Waals surface area contributed by atoms with Crippen LogP contribution in [0.2, 0.25) is 0 Å². The molecular weight excluding hydrogens is 214 g/mol. The first-order chi connectivity index (χ1) is 8.26. The van der Waals surface area contributed by atoms with Crippen molar-refractivity contribution in [1.82, 2.24) is 4.98 Å². The molecule has 2 heterocycles. The highest BCUT2D eigenvalue weighted by Gasteiger charge is 2.24. The predicted molar refractivity (Wildman–Crippen MR) is 65.9 cm³/mol. The van der Waals surface area contributed by atoms with Crippen molar-refractivity contribution < 1.29 is 4.74 Å². The minimum Gasteiger partial charge on any atom is -0.377 e. The highest BCUT2D eigenvalue weighted by Crippen LogP contribution is 2.23. The number of rotatable bonds is 2. The predicted octanol–water partition coefficient (Wildman–Crippen LogP) is 1.88. The molecule has 0 radical (unpaired) electrons. The molecule has 0 amide bonds. The molecule has 0 bridgehead atoms. The molecule has 0 spiro atoms. The molecule has 4 heteroatoms. The van der Waals surface area contributed by atoms with Gasteiger partial charge in [0.25, 0.3) is 0 Å². The largest absolute Gasteiger partial charge is 0.377 e. The van der Waals surface area contributed by atoms with Crippen molar-refractivity contribution >= 4 is 5.82 Å². The third-order valence-corrected chi connectivity index (χ3v) is 3.11. The fraction of sp³-hybridized carbons (Fsp3) is 0.538. The van der Waals surface area contributed by atoms with Crippen LogP contribution in [0.25, 0.3) is 0 Å². The number of nitriles is 1. The van der Waals surface area contributed by atoms with E-state index < -0.39 is 0 Å². The molecule has 0 saturated carbocycles. The van der Waals surface area contributed by atoms with Gasteiger partial charge in [0.05, 0.1) is 24.8 Å². The number of morpholine rings is 1. The molecule has 0 aliphatic carbocycles. The maximum absolute atomic E-state index is 9.15. The topological polar surface area (TPSA) is 49.1 Å². The zero-order chi connectivity index (χ0) is 12.3. The molecule has 1 fully saturated rings. The molecule has 1 aliphatic heterocycles. The lowest BCUT2D eigenvalue weighted by molar-refractivity contribution is 0.0925. The second kappa shape index (κ2) is 5.15. The highest BCUT2D eigenvalue weighted by molar-refractivity contribution is 5.55. The number of anilines is 1. The van der Waals surface area contributed by atoms with Crippen molar-refractivity contribution in [1.29, 1.82) is 5.26 Å². The molecule has 90 valence electrons. The minimum atomic E-state index is 0.324. The van der Waals surface area contributed by atoms with Crippen LogP contribution in [0.1, 0.15) is 24.6 Å². The first-order valence-electron chi connectivity index (χ1n) is 5.98. The summed E-state index contributed by atoms with van der Waals surface area (Å²) in [5, 5.41) is 9.15. The molecule has 1 unspecified atom stereocenters. The number of ether oxygens (including phenoxy) is 1. The van der Waals surface area contributed by atoms with E-state index in [2.05, 4.69) is 22.9 Å². The lowest BCUT2D eigenvalue weighted by atomic mass is 10.1. The summed E-state index contributed by atoms with van der Waals surface area (Å²) in [5.74, 6) is 0.808. The van der Waals surface area contributed by atoms with Gasteiger partial charge in [0.1, 0.15) is 11.9 Å². The van der Waals surface area contributed by atoms with Crippen LogP contribution in [0.5, 0.6) is 0 Å². The van der Waals surface area contributed by atoms with Crippen LogP contribution in [0.15, 0.2) is 12.1 Å². The third-order valence-electron chi connectivity index (χ3n) is 3.11. The summed E-state index contributed by atoms with van der Waals surface area (Å²) >= 11 is 0. The van der Waals surface area contributed by atoms with Crippen LogP contribution in [0, 0.1) is 18.3 Å². The molecule has 1 aliphatic rings. The highest BCUT2D eigenvalue weighted by atomic mass is 16.5. The van der Waals surface area contributed by atoms with Crippen LogP contribution in [-0.2, 0) is 4.74 Å². The van der Waals surface area contributed by atoms with Gasteiger partial charge in [-0.15, -0.1) is 0 Å². The van der Waals surface area contributed by atoms with Crippen molar-refractivity contribution in [3.8, 4) is 6.07 Å². The summed E-state index contributed by atoms with van der Waals surface area (Å²) in [4.78, 5) is 6.72. The van der Waals surface area contributed by atoms with E-state index >= 15 is 0 Å². The zero-order valence-corrected chi connectivity index (χ0v) is 10.3. The summed E-state index contributed by atoms with van der Waals surface area (Å²) in [5.41, 5.74) is 1.59. The number of pyridine rings is 1. The summed E-state index contributed by atoms with van der Waals surface area (Å²) in [6.07, 6.45) is 1.00. The molecular formula is C13H17N3O. The molecule has 17 heavy (non-hydrogen) atoms. The SMILES string of the molecule is CCC1COCCN1c1nc(C)ccc1C#N. The standard InChI is InChI=1S/C13H17N3O/c1-3-12-9-17-7-6-16(12)13-11(8-14)5-4-10(2)15-13/h4-5,12H,3,6-7,9H2,1-2H3. The van der Waals surface area contributed by atoms with Crippen LogP contribution in [-0.4, -0.2) is 30.8 Å². The number of hydrogen-bond acceptors (Lipinski definition) is 4. The van der Waals surface area contributed by atoms with Gasteiger partial charge < -0.3 is 9.64 Å². The van der Waals surface area contributed by atoms with E-state index in [0.717, 1.165) is 31.1 Å². The zero-order valence-electron chi connectivity index (χ0n) is 10.3. The second-order valence-corrected chi connectivity index (χ2v) is 4.27. The summed E-state index contributed by atoms with van der Waals surface area (Å²) in [6, 6.07) is 6.27. The number of nitrogens with zero attached hydrogens (tertiary/aromatic N) is 3. The van der Waals surface area contributed by atoms with E-state index in [0.29, 0.717) is 18.2 Å². The Hall–Kier alpha value is -1.60. The van der Waals surface area contributed by atoms with Crippen LogP contribution >= 0.6 is 0 Å². The fourth-order valence-corrected chi connectivity index (χ4v) is 2.12. The molecule has 0 N–H and O–H groups in total. The van der Waals surface area contributed by atoms with Gasteiger partial charge in [-0.1, -0.05) is 6.92 Å². The summed E-state index contributed by atoms with van der Waals surface area (Å²) in [6.45, 7) is 6.32. The van der Waals surface area contributed by atoms with E-state index in [1.54, 1.807) is 0 Å². The van der Waals surface area contributed by atoms with Gasteiger partial charge in [-0.05, 0) is 25.5 Å². The van der Waals surface area contributed by atoms with Gasteiger partial charge in [-0.3, -0.25) is 0 Å². The van der Waals surface area contributed by atoms with Crippen molar-refractivity contribution in [3.63, 3.8) is 0 Å². The molecule has 1 aromatic heterocycles. The Morgan fingerprint density at radius 2 is 2.41 bits per heavy atom. The number of aromatic nitrogens is 1. The van der Waals surface area contributed by atoms with E-state index in [4.69, 9.17) is 10.00 Å². The van der Waals surface area contributed by atoms with Gasteiger partial charge in [-0.2, -0.15) is 5.26 Å². The Morgan fingerprint density at radius 1 is 1.59 bits per heavy atom. The van der Waals surface area contributed by atoms with E-state index in [9.17, 15) is 0 Å². The Morgan fingerprint density at radius 3 is 3.12 bits per heavy atom. The second-order valence-electron chi connectivity index (χ2n) is 4.27. The third kappa shape index (κ3) is 2.40. The van der Waals surface area contributed by atoms with Crippen molar-refractivity contribution in [2.24, 2.45) is 0 Å². The van der Waals surface area contributed by atoms with Crippen LogP contribution < -0.4 is 4.90 Å². The number of hydrogen-bond donors (Lipinski definition) is 0. The lowest BCUT2D eigenvalue weighted by Gasteiger charge is -2.36. The minimum absolute atomic E-state index is 0.324. The monoisotopic (exact) mass is 231 g/mol. The van der Waals surface area contributed by atoms with E-state index in [1.165, 1.54) is 0 Å². The maximum atomic E-state index is 9.15. The quantitative estimate of drug-likeness (QED) is 0.779. The Balaban J connectivity index is 2.37. The van der Waals surface area contributed by atoms with Gasteiger partial charge in [-0.25, -0.2) is 4.98 Å². The number of aryl methyl sites for hydroxylation is 1. The fourth-order valence-electron chi connectivity index (χ4n) is 2.12. The average molecular weight is 231 g/mol. The molecule has 1 saturated heterocycles. The van der Waals surface area contributed by atoms with Crippen molar-refractivity contribution in [2.75, 3.05) is 24.7 Å². The first-order valence-corrected chi connectivity index (χ1v) is 5.98.